The Balaban J connectivity index is 1.30. The van der Waals surface area contributed by atoms with E-state index in [1.165, 1.54) is 0 Å². The third-order valence-electron chi connectivity index (χ3n) is 7.36. The largest absolute Gasteiger partial charge is 0.382 e. The van der Waals surface area contributed by atoms with Crippen LogP contribution < -0.4 is 20.4 Å². The van der Waals surface area contributed by atoms with Crippen LogP contribution in [-0.4, -0.2) is 68.3 Å². The molecule has 3 aromatic rings. The maximum atomic E-state index is 14.8. The van der Waals surface area contributed by atoms with Gasteiger partial charge in [-0.3, -0.25) is 9.59 Å². The zero-order valence-electron chi connectivity index (χ0n) is 23.7. The van der Waals surface area contributed by atoms with E-state index in [-0.39, 0.29) is 29.6 Å². The smallest absolute Gasteiger partial charge is 0.251 e. The lowest BCUT2D eigenvalue weighted by atomic mass is 9.86. The first-order valence-electron chi connectivity index (χ1n) is 13.7. The van der Waals surface area contributed by atoms with E-state index in [9.17, 15) is 14.0 Å². The number of hydrogen-bond donors (Lipinski definition) is 2. The van der Waals surface area contributed by atoms with Crippen molar-refractivity contribution in [3.05, 3.63) is 65.6 Å². The Labute approximate surface area is 238 Å². The molecule has 5 rings (SSSR count). The van der Waals surface area contributed by atoms with Crippen LogP contribution in [0.25, 0.3) is 0 Å². The van der Waals surface area contributed by atoms with Gasteiger partial charge < -0.3 is 29.9 Å². The third-order valence-corrected chi connectivity index (χ3v) is 7.36. The van der Waals surface area contributed by atoms with Crippen LogP contribution >= 0.6 is 0 Å². The van der Waals surface area contributed by atoms with Crippen LogP contribution in [-0.2, 0) is 19.7 Å². The SMILES string of the molecule is COCCOCCN1C(=O)C(C)(C)c2cc(Nc3ncc(F)c(N(C)c4ccc(C(=O)NC5CC5)cc4)n3)ccc21. The van der Waals surface area contributed by atoms with Gasteiger partial charge in [0.05, 0.1) is 31.4 Å². The highest BCUT2D eigenvalue weighted by molar-refractivity contribution is 6.08. The summed E-state index contributed by atoms with van der Waals surface area (Å²) in [6.07, 6.45) is 3.15. The molecule has 0 saturated heterocycles. The normalized spacial score (nSPS) is 15.5. The summed E-state index contributed by atoms with van der Waals surface area (Å²) >= 11 is 0. The van der Waals surface area contributed by atoms with Crippen LogP contribution in [0.1, 0.15) is 42.6 Å². The van der Waals surface area contributed by atoms with Gasteiger partial charge in [0.15, 0.2) is 11.6 Å². The predicted molar refractivity (Wildman–Crippen MR) is 155 cm³/mol. The maximum absolute atomic E-state index is 14.8. The fraction of sp³-hybridized carbons (Fsp3) is 0.400. The van der Waals surface area contributed by atoms with Gasteiger partial charge in [0, 0.05) is 49.4 Å². The summed E-state index contributed by atoms with van der Waals surface area (Å²) in [5, 5.41) is 6.11. The molecule has 2 aliphatic rings. The highest BCUT2D eigenvalue weighted by Crippen LogP contribution is 2.43. The molecule has 1 aliphatic heterocycles. The molecule has 1 aliphatic carbocycles. The van der Waals surface area contributed by atoms with E-state index in [0.717, 1.165) is 30.3 Å². The summed E-state index contributed by atoms with van der Waals surface area (Å²) < 4.78 is 25.4. The number of amides is 2. The van der Waals surface area contributed by atoms with Gasteiger partial charge in [-0.1, -0.05) is 0 Å². The number of hydrogen-bond acceptors (Lipinski definition) is 8. The van der Waals surface area contributed by atoms with Crippen molar-refractivity contribution < 1.29 is 23.5 Å². The van der Waals surface area contributed by atoms with Crippen molar-refractivity contribution in [1.82, 2.24) is 15.3 Å². The maximum Gasteiger partial charge on any atom is 0.251 e. The molecule has 0 atom stereocenters. The quantitative estimate of drug-likeness (QED) is 0.315. The first-order chi connectivity index (χ1) is 19.7. The molecule has 0 spiro atoms. The first kappa shape index (κ1) is 28.4. The highest BCUT2D eigenvalue weighted by Gasteiger charge is 2.43. The van der Waals surface area contributed by atoms with Gasteiger partial charge >= 0.3 is 0 Å². The summed E-state index contributed by atoms with van der Waals surface area (Å²) in [5.74, 6) is -0.414. The Hall–Kier alpha value is -4.09. The van der Waals surface area contributed by atoms with Crippen molar-refractivity contribution in [2.75, 3.05) is 55.6 Å². The molecule has 0 bridgehead atoms. The van der Waals surface area contributed by atoms with Crippen molar-refractivity contribution in [3.8, 4) is 0 Å². The van der Waals surface area contributed by atoms with Crippen molar-refractivity contribution in [2.24, 2.45) is 0 Å². The topological polar surface area (TPSA) is 109 Å². The summed E-state index contributed by atoms with van der Waals surface area (Å²) in [5.41, 5.74) is 2.87. The lowest BCUT2D eigenvalue weighted by Crippen LogP contribution is -2.38. The van der Waals surface area contributed by atoms with Gasteiger partial charge in [0.25, 0.3) is 5.91 Å². The van der Waals surface area contributed by atoms with Crippen LogP contribution in [0.2, 0.25) is 0 Å². The Morgan fingerprint density at radius 1 is 1.15 bits per heavy atom. The molecule has 2 aromatic carbocycles. The zero-order chi connectivity index (χ0) is 29.1. The van der Waals surface area contributed by atoms with Crippen molar-refractivity contribution in [2.45, 2.75) is 38.1 Å². The Morgan fingerprint density at radius 2 is 1.90 bits per heavy atom. The van der Waals surface area contributed by atoms with Crippen LogP contribution in [0.15, 0.2) is 48.7 Å². The van der Waals surface area contributed by atoms with Crippen LogP contribution in [0, 0.1) is 5.82 Å². The highest BCUT2D eigenvalue weighted by atomic mass is 19.1. The number of nitrogens with one attached hydrogen (secondary N) is 2. The standard InChI is InChI=1S/C30H35FN6O4/c1-30(2)23-17-21(9-12-25(23)37(28(30)39)13-14-41-16-15-40-4)34-29-32-18-24(31)26(35-29)36(3)22-10-5-19(6-11-22)27(38)33-20-7-8-20/h5-6,9-12,17-18,20H,7-8,13-16H2,1-4H3,(H,33,38)(H,32,34,35). The Bertz CT molecular complexity index is 1430. The minimum absolute atomic E-state index is 0.00188. The number of anilines is 5. The molecule has 11 heteroatoms. The molecule has 216 valence electrons. The summed E-state index contributed by atoms with van der Waals surface area (Å²) in [6, 6.07) is 12.8. The monoisotopic (exact) mass is 562 g/mol. The number of nitrogens with zero attached hydrogens (tertiary/aromatic N) is 4. The van der Waals surface area contributed by atoms with Crippen LogP contribution in [0.5, 0.6) is 0 Å². The third kappa shape index (κ3) is 6.15. The average Bonchev–Trinajstić information content (AvgIpc) is 3.76. The molecule has 0 unspecified atom stereocenters. The van der Waals surface area contributed by atoms with E-state index in [1.807, 2.05) is 32.0 Å². The predicted octanol–water partition coefficient (Wildman–Crippen LogP) is 4.31. The van der Waals surface area contributed by atoms with Gasteiger partial charge in [-0.15, -0.1) is 0 Å². The van der Waals surface area contributed by atoms with Crippen LogP contribution in [0.3, 0.4) is 0 Å². The van der Waals surface area contributed by atoms with E-state index < -0.39 is 11.2 Å². The summed E-state index contributed by atoms with van der Waals surface area (Å²) in [4.78, 5) is 37.4. The second-order valence-electron chi connectivity index (χ2n) is 10.8. The number of fused-ring (bicyclic) bond motifs is 1. The molecular weight excluding hydrogens is 527 g/mol. The number of benzene rings is 2. The zero-order valence-corrected chi connectivity index (χ0v) is 23.7. The molecule has 1 fully saturated rings. The van der Waals surface area contributed by atoms with Gasteiger partial charge in [-0.2, -0.15) is 4.98 Å². The Morgan fingerprint density at radius 3 is 2.61 bits per heavy atom. The number of ether oxygens (including phenoxy) is 2. The molecule has 1 aromatic heterocycles. The molecule has 2 amide bonds. The molecule has 10 nitrogen and oxygen atoms in total. The number of methoxy groups -OCH3 is 1. The second kappa shape index (κ2) is 11.8. The van der Waals surface area contributed by atoms with Gasteiger partial charge in [-0.05, 0) is 74.7 Å². The van der Waals surface area contributed by atoms with Crippen LogP contribution in [0.4, 0.5) is 33.2 Å². The summed E-state index contributed by atoms with van der Waals surface area (Å²) in [6.45, 7) is 5.60. The van der Waals surface area contributed by atoms with E-state index in [4.69, 9.17) is 9.47 Å². The summed E-state index contributed by atoms with van der Waals surface area (Å²) in [7, 11) is 3.32. The molecular formula is C30H35FN6O4. The fourth-order valence-corrected chi connectivity index (χ4v) is 4.77. The minimum atomic E-state index is -0.726. The second-order valence-corrected chi connectivity index (χ2v) is 10.8. The van der Waals surface area contributed by atoms with E-state index in [2.05, 4.69) is 20.6 Å². The number of carbonyl (C=O) groups excluding carboxylic acids is 2. The molecule has 2 heterocycles. The fourth-order valence-electron chi connectivity index (χ4n) is 4.77. The first-order valence-corrected chi connectivity index (χ1v) is 13.7. The molecule has 1 saturated carbocycles. The Kier molecular flexibility index (Phi) is 8.18. The van der Waals surface area contributed by atoms with Gasteiger partial charge in [0.1, 0.15) is 0 Å². The number of carbonyl (C=O) groups is 2. The van der Waals surface area contributed by atoms with Crippen molar-refractivity contribution in [3.63, 3.8) is 0 Å². The van der Waals surface area contributed by atoms with Crippen molar-refractivity contribution in [1.29, 1.82) is 0 Å². The van der Waals surface area contributed by atoms with E-state index >= 15 is 0 Å². The van der Waals surface area contributed by atoms with Crippen molar-refractivity contribution >= 4 is 40.6 Å². The lowest BCUT2D eigenvalue weighted by molar-refractivity contribution is -0.122. The number of aromatic nitrogens is 2. The van der Waals surface area contributed by atoms with E-state index in [0.29, 0.717) is 43.3 Å². The number of rotatable bonds is 12. The van der Waals surface area contributed by atoms with E-state index in [1.54, 1.807) is 48.2 Å². The lowest BCUT2D eigenvalue weighted by Gasteiger charge is -2.20. The van der Waals surface area contributed by atoms with Gasteiger partial charge in [0.2, 0.25) is 11.9 Å². The molecule has 41 heavy (non-hydrogen) atoms. The molecule has 2 N–H and O–H groups in total. The number of halogens is 1. The average molecular weight is 563 g/mol. The minimum Gasteiger partial charge on any atom is -0.382 e. The van der Waals surface area contributed by atoms with Gasteiger partial charge in [-0.25, -0.2) is 9.37 Å². The molecule has 0 radical (unpaired) electrons.